The number of carbonyl (C=O) groups is 2. The van der Waals surface area contributed by atoms with Crippen LogP contribution in [0.3, 0.4) is 0 Å². The van der Waals surface area contributed by atoms with Gasteiger partial charge in [0.1, 0.15) is 0 Å². The van der Waals surface area contributed by atoms with Crippen molar-refractivity contribution in [3.8, 4) is 0 Å². The van der Waals surface area contributed by atoms with E-state index in [1.807, 2.05) is 13.0 Å². The molecule has 1 aromatic rings. The molecule has 1 aliphatic rings. The second-order valence-corrected chi connectivity index (χ2v) is 4.69. The summed E-state index contributed by atoms with van der Waals surface area (Å²) in [6.45, 7) is 2.31. The average molecular weight is 262 g/mol. The molecular weight excluding hydrogens is 244 g/mol. The number of rotatable bonds is 4. The fraction of sp³-hybridized carbons (Fsp3) is 0.385. The highest BCUT2D eigenvalue weighted by Crippen LogP contribution is 2.14. The third kappa shape index (κ3) is 3.23. The minimum Gasteiger partial charge on any atom is -0.352 e. The lowest BCUT2D eigenvalue weighted by atomic mass is 10.1. The maximum absolute atomic E-state index is 12.0. The van der Waals surface area contributed by atoms with E-state index >= 15 is 0 Å². The molecule has 0 radical (unpaired) electrons. The van der Waals surface area contributed by atoms with Crippen LogP contribution in [0, 0.1) is 6.92 Å². The van der Waals surface area contributed by atoms with Crippen LogP contribution in [0.2, 0.25) is 0 Å². The van der Waals surface area contributed by atoms with Gasteiger partial charge in [0, 0.05) is 30.3 Å². The van der Waals surface area contributed by atoms with Gasteiger partial charge in [0.15, 0.2) is 0 Å². The van der Waals surface area contributed by atoms with Gasteiger partial charge in [-0.1, -0.05) is 0 Å². The van der Waals surface area contributed by atoms with E-state index in [0.29, 0.717) is 18.5 Å². The lowest BCUT2D eigenvalue weighted by Gasteiger charge is -2.13. The molecule has 1 unspecified atom stereocenters. The molecule has 1 aliphatic heterocycles. The molecular formula is C13H18N4O2. The number of carbonyl (C=O) groups excluding carboxylic acids is 2. The molecule has 102 valence electrons. The highest BCUT2D eigenvalue weighted by molar-refractivity contribution is 5.96. The van der Waals surface area contributed by atoms with Crippen LogP contribution >= 0.6 is 0 Å². The van der Waals surface area contributed by atoms with Crippen LogP contribution in [0.4, 0.5) is 5.69 Å². The van der Waals surface area contributed by atoms with Crippen molar-refractivity contribution >= 4 is 17.5 Å². The van der Waals surface area contributed by atoms with Crippen molar-refractivity contribution in [1.82, 2.24) is 10.6 Å². The van der Waals surface area contributed by atoms with Crippen molar-refractivity contribution in [1.29, 1.82) is 0 Å². The number of amides is 2. The van der Waals surface area contributed by atoms with Crippen molar-refractivity contribution in [2.24, 2.45) is 5.84 Å². The molecule has 5 N–H and O–H groups in total. The zero-order valence-corrected chi connectivity index (χ0v) is 10.8. The molecule has 1 saturated heterocycles. The fourth-order valence-electron chi connectivity index (χ4n) is 2.15. The average Bonchev–Trinajstić information content (AvgIpc) is 2.81. The lowest BCUT2D eigenvalue weighted by molar-refractivity contribution is -0.119. The summed E-state index contributed by atoms with van der Waals surface area (Å²) in [5.41, 5.74) is 4.76. The minimum atomic E-state index is -0.137. The second-order valence-electron chi connectivity index (χ2n) is 4.69. The first-order valence-corrected chi connectivity index (χ1v) is 6.25. The number of benzene rings is 1. The van der Waals surface area contributed by atoms with Crippen LogP contribution in [0.5, 0.6) is 0 Å². The summed E-state index contributed by atoms with van der Waals surface area (Å²) in [7, 11) is 0. The molecule has 0 aliphatic carbocycles. The predicted octanol–water partition coefficient (Wildman–Crippen LogP) is 0.289. The molecule has 0 aromatic heterocycles. The molecule has 1 aromatic carbocycles. The SMILES string of the molecule is Cc1cc(NN)ccc1C(=O)NCC1CCC(=O)N1. The number of nitrogens with one attached hydrogen (secondary N) is 3. The Kier molecular flexibility index (Phi) is 4.01. The standard InChI is InChI=1S/C13H18N4O2/c1-8-6-9(17-14)2-4-11(8)13(19)15-7-10-3-5-12(18)16-10/h2,4,6,10,17H,3,5,7,14H2,1H3,(H,15,19)(H,16,18). The quantitative estimate of drug-likeness (QED) is 0.463. The molecule has 19 heavy (non-hydrogen) atoms. The van der Waals surface area contributed by atoms with Gasteiger partial charge < -0.3 is 16.1 Å². The number of hydrogen-bond donors (Lipinski definition) is 4. The molecule has 1 atom stereocenters. The van der Waals surface area contributed by atoms with E-state index in [0.717, 1.165) is 17.7 Å². The molecule has 2 amide bonds. The van der Waals surface area contributed by atoms with E-state index in [9.17, 15) is 9.59 Å². The van der Waals surface area contributed by atoms with Crippen molar-refractivity contribution < 1.29 is 9.59 Å². The largest absolute Gasteiger partial charge is 0.352 e. The van der Waals surface area contributed by atoms with Gasteiger partial charge >= 0.3 is 0 Å². The van der Waals surface area contributed by atoms with E-state index in [-0.39, 0.29) is 17.9 Å². The normalized spacial score (nSPS) is 18.0. The zero-order valence-electron chi connectivity index (χ0n) is 10.8. The smallest absolute Gasteiger partial charge is 0.251 e. The zero-order chi connectivity index (χ0) is 13.8. The maximum atomic E-state index is 12.0. The summed E-state index contributed by atoms with van der Waals surface area (Å²) in [6.07, 6.45) is 1.31. The number of hydrazine groups is 1. The Morgan fingerprint density at radius 2 is 2.32 bits per heavy atom. The highest BCUT2D eigenvalue weighted by atomic mass is 16.2. The van der Waals surface area contributed by atoms with Gasteiger partial charge in [-0.25, -0.2) is 0 Å². The first-order valence-electron chi connectivity index (χ1n) is 6.25. The Hall–Kier alpha value is -2.08. The van der Waals surface area contributed by atoms with Gasteiger partial charge in [0.25, 0.3) is 5.91 Å². The van der Waals surface area contributed by atoms with Crippen LogP contribution in [-0.4, -0.2) is 24.4 Å². The van der Waals surface area contributed by atoms with Gasteiger partial charge in [0.05, 0.1) is 0 Å². The molecule has 0 bridgehead atoms. The Balaban J connectivity index is 1.94. The Morgan fingerprint density at radius 3 is 2.89 bits per heavy atom. The molecule has 0 saturated carbocycles. The van der Waals surface area contributed by atoms with Gasteiger partial charge in [-0.15, -0.1) is 0 Å². The van der Waals surface area contributed by atoms with Crippen LogP contribution in [0.25, 0.3) is 0 Å². The predicted molar refractivity (Wildman–Crippen MR) is 72.5 cm³/mol. The summed E-state index contributed by atoms with van der Waals surface area (Å²) < 4.78 is 0. The van der Waals surface area contributed by atoms with Gasteiger partial charge in [-0.3, -0.25) is 15.4 Å². The molecule has 6 nitrogen and oxygen atoms in total. The maximum Gasteiger partial charge on any atom is 0.251 e. The molecule has 6 heteroatoms. The van der Waals surface area contributed by atoms with Crippen molar-refractivity contribution in [2.75, 3.05) is 12.0 Å². The van der Waals surface area contributed by atoms with Gasteiger partial charge in [-0.2, -0.15) is 0 Å². The van der Waals surface area contributed by atoms with Crippen LogP contribution in [-0.2, 0) is 4.79 Å². The number of anilines is 1. The highest BCUT2D eigenvalue weighted by Gasteiger charge is 2.21. The van der Waals surface area contributed by atoms with E-state index in [2.05, 4.69) is 16.1 Å². The topological polar surface area (TPSA) is 96.2 Å². The molecule has 1 fully saturated rings. The third-order valence-corrected chi connectivity index (χ3v) is 3.23. The third-order valence-electron chi connectivity index (χ3n) is 3.23. The lowest BCUT2D eigenvalue weighted by Crippen LogP contribution is -2.38. The number of nitrogen functional groups attached to an aromatic ring is 1. The minimum absolute atomic E-state index is 0.0433. The van der Waals surface area contributed by atoms with Crippen molar-refractivity contribution in [3.05, 3.63) is 29.3 Å². The second kappa shape index (κ2) is 5.71. The Labute approximate surface area is 111 Å². The van der Waals surface area contributed by atoms with Crippen LogP contribution < -0.4 is 21.9 Å². The summed E-state index contributed by atoms with van der Waals surface area (Å²) in [4.78, 5) is 23.1. The molecule has 1 heterocycles. The van der Waals surface area contributed by atoms with E-state index < -0.39 is 0 Å². The Bertz CT molecular complexity index is 501. The van der Waals surface area contributed by atoms with Crippen molar-refractivity contribution in [2.45, 2.75) is 25.8 Å². The first kappa shape index (κ1) is 13.4. The Morgan fingerprint density at radius 1 is 1.53 bits per heavy atom. The first-order chi connectivity index (χ1) is 9.10. The summed E-state index contributed by atoms with van der Waals surface area (Å²) in [5, 5.41) is 5.65. The van der Waals surface area contributed by atoms with Gasteiger partial charge in [0.2, 0.25) is 5.91 Å². The fourth-order valence-corrected chi connectivity index (χ4v) is 2.15. The number of hydrogen-bond acceptors (Lipinski definition) is 4. The summed E-state index contributed by atoms with van der Waals surface area (Å²) in [5.74, 6) is 5.22. The number of nitrogens with two attached hydrogens (primary N) is 1. The number of aryl methyl sites for hydroxylation is 1. The van der Waals surface area contributed by atoms with Crippen LogP contribution in [0.1, 0.15) is 28.8 Å². The van der Waals surface area contributed by atoms with E-state index in [4.69, 9.17) is 5.84 Å². The van der Waals surface area contributed by atoms with Crippen molar-refractivity contribution in [3.63, 3.8) is 0 Å². The molecule has 2 rings (SSSR count). The summed E-state index contributed by atoms with van der Waals surface area (Å²) in [6, 6.07) is 5.33. The monoisotopic (exact) mass is 262 g/mol. The molecule has 0 spiro atoms. The van der Waals surface area contributed by atoms with E-state index in [1.165, 1.54) is 0 Å². The summed E-state index contributed by atoms with van der Waals surface area (Å²) >= 11 is 0. The van der Waals surface area contributed by atoms with Crippen LogP contribution in [0.15, 0.2) is 18.2 Å². The van der Waals surface area contributed by atoms with Gasteiger partial charge in [-0.05, 0) is 37.1 Å². The van der Waals surface area contributed by atoms with E-state index in [1.54, 1.807) is 12.1 Å².